The first-order valence-corrected chi connectivity index (χ1v) is 8.48. The first kappa shape index (κ1) is 17.8. The Bertz CT molecular complexity index is 932. The van der Waals surface area contributed by atoms with Gasteiger partial charge in [-0.3, -0.25) is 9.59 Å². The lowest BCUT2D eigenvalue weighted by Gasteiger charge is -2.09. The highest BCUT2D eigenvalue weighted by Crippen LogP contribution is 2.14. The van der Waals surface area contributed by atoms with Crippen LogP contribution in [0.2, 0.25) is 5.02 Å². The van der Waals surface area contributed by atoms with Crippen molar-refractivity contribution >= 4 is 29.1 Å². The van der Waals surface area contributed by atoms with Gasteiger partial charge in [0.2, 0.25) is 0 Å². The maximum absolute atomic E-state index is 12.3. The summed E-state index contributed by atoms with van der Waals surface area (Å²) < 4.78 is 0. The number of hydrogen-bond donors (Lipinski definition) is 3. The molecule has 0 aliphatic carbocycles. The Morgan fingerprint density at radius 2 is 1.81 bits per heavy atom. The van der Waals surface area contributed by atoms with Crippen LogP contribution in [-0.4, -0.2) is 16.8 Å². The number of aryl methyl sites for hydroxylation is 1. The highest BCUT2D eigenvalue weighted by atomic mass is 35.5. The van der Waals surface area contributed by atoms with E-state index in [-0.39, 0.29) is 11.8 Å². The second-order valence-electron chi connectivity index (χ2n) is 5.93. The van der Waals surface area contributed by atoms with E-state index in [1.54, 1.807) is 24.4 Å². The summed E-state index contributed by atoms with van der Waals surface area (Å²) in [5.41, 5.74) is 3.64. The smallest absolute Gasteiger partial charge is 0.268 e. The van der Waals surface area contributed by atoms with Gasteiger partial charge in [-0.05, 0) is 42.8 Å². The Labute approximate surface area is 156 Å². The highest BCUT2D eigenvalue weighted by molar-refractivity contribution is 6.30. The molecule has 5 nitrogen and oxygen atoms in total. The van der Waals surface area contributed by atoms with Crippen molar-refractivity contribution in [3.05, 3.63) is 88.2 Å². The van der Waals surface area contributed by atoms with Gasteiger partial charge < -0.3 is 15.6 Å². The predicted molar refractivity (Wildman–Crippen MR) is 103 cm³/mol. The standard InChI is InChI=1S/C20H18ClN3O2/c1-13-5-7-15(8-6-13)19(25)24-17-4-2-3-14(9-17)11-23-20(26)18-10-16(21)12-22-18/h2-10,12,22H,11H2,1H3,(H,23,26)(H,24,25). The lowest BCUT2D eigenvalue weighted by atomic mass is 10.1. The van der Waals surface area contributed by atoms with Crippen molar-refractivity contribution in [2.45, 2.75) is 13.5 Å². The van der Waals surface area contributed by atoms with Gasteiger partial charge in [0.1, 0.15) is 5.69 Å². The number of benzene rings is 2. The Balaban J connectivity index is 1.61. The Morgan fingerprint density at radius 3 is 2.50 bits per heavy atom. The van der Waals surface area contributed by atoms with E-state index in [1.165, 1.54) is 0 Å². The van der Waals surface area contributed by atoms with Gasteiger partial charge in [-0.2, -0.15) is 0 Å². The molecule has 0 spiro atoms. The lowest BCUT2D eigenvalue weighted by Crippen LogP contribution is -2.23. The third kappa shape index (κ3) is 4.52. The summed E-state index contributed by atoms with van der Waals surface area (Å²) in [5, 5.41) is 6.15. The molecule has 0 unspecified atom stereocenters. The van der Waals surface area contributed by atoms with Gasteiger partial charge in [0, 0.05) is 24.0 Å². The molecule has 1 aromatic heterocycles. The van der Waals surface area contributed by atoms with Crippen molar-refractivity contribution in [3.63, 3.8) is 0 Å². The van der Waals surface area contributed by atoms with E-state index in [9.17, 15) is 9.59 Å². The van der Waals surface area contributed by atoms with Gasteiger partial charge in [0.15, 0.2) is 0 Å². The summed E-state index contributed by atoms with van der Waals surface area (Å²) in [5.74, 6) is -0.418. The van der Waals surface area contributed by atoms with E-state index in [4.69, 9.17) is 11.6 Å². The number of carbonyl (C=O) groups is 2. The van der Waals surface area contributed by atoms with Gasteiger partial charge in [-0.25, -0.2) is 0 Å². The molecule has 0 aliphatic rings. The Kier molecular flexibility index (Phi) is 5.39. The molecule has 3 rings (SSSR count). The van der Waals surface area contributed by atoms with Crippen molar-refractivity contribution < 1.29 is 9.59 Å². The summed E-state index contributed by atoms with van der Waals surface area (Å²) in [6.07, 6.45) is 1.55. The Morgan fingerprint density at radius 1 is 1.04 bits per heavy atom. The fourth-order valence-corrected chi connectivity index (χ4v) is 2.61. The van der Waals surface area contributed by atoms with E-state index in [0.29, 0.717) is 28.5 Å². The zero-order chi connectivity index (χ0) is 18.5. The van der Waals surface area contributed by atoms with Crippen LogP contribution < -0.4 is 10.6 Å². The third-order valence-electron chi connectivity index (χ3n) is 3.84. The summed E-state index contributed by atoms with van der Waals surface area (Å²) in [6.45, 7) is 2.31. The SMILES string of the molecule is Cc1ccc(C(=O)Nc2cccc(CNC(=O)c3cc(Cl)c[nH]3)c2)cc1. The molecule has 2 amide bonds. The quantitative estimate of drug-likeness (QED) is 0.633. The van der Waals surface area contributed by atoms with E-state index >= 15 is 0 Å². The molecule has 0 radical (unpaired) electrons. The Hall–Kier alpha value is -3.05. The second kappa shape index (κ2) is 7.89. The maximum atomic E-state index is 12.3. The van der Waals surface area contributed by atoms with Crippen molar-refractivity contribution in [2.24, 2.45) is 0 Å². The first-order chi connectivity index (χ1) is 12.5. The molecule has 26 heavy (non-hydrogen) atoms. The van der Waals surface area contributed by atoms with Crippen LogP contribution in [0.15, 0.2) is 60.8 Å². The number of halogens is 1. The maximum Gasteiger partial charge on any atom is 0.268 e. The minimum absolute atomic E-state index is 0.174. The zero-order valence-electron chi connectivity index (χ0n) is 14.2. The molecule has 3 N–H and O–H groups in total. The molecule has 0 fully saturated rings. The normalized spacial score (nSPS) is 10.4. The summed E-state index contributed by atoms with van der Waals surface area (Å²) in [6, 6.07) is 16.3. The molecular weight excluding hydrogens is 350 g/mol. The fourth-order valence-electron chi connectivity index (χ4n) is 2.44. The molecule has 1 heterocycles. The van der Waals surface area contributed by atoms with Crippen LogP contribution in [0.3, 0.4) is 0 Å². The number of H-pyrrole nitrogens is 1. The van der Waals surface area contributed by atoms with Crippen LogP contribution in [0.5, 0.6) is 0 Å². The van der Waals surface area contributed by atoms with Crippen molar-refractivity contribution in [2.75, 3.05) is 5.32 Å². The molecule has 0 saturated heterocycles. The molecule has 132 valence electrons. The monoisotopic (exact) mass is 367 g/mol. The van der Waals surface area contributed by atoms with Crippen molar-refractivity contribution in [3.8, 4) is 0 Å². The lowest BCUT2D eigenvalue weighted by molar-refractivity contribution is 0.0945. The average Bonchev–Trinajstić information content (AvgIpc) is 3.07. The zero-order valence-corrected chi connectivity index (χ0v) is 14.9. The number of nitrogens with one attached hydrogen (secondary N) is 3. The van der Waals surface area contributed by atoms with Crippen LogP contribution in [-0.2, 0) is 6.54 Å². The van der Waals surface area contributed by atoms with Gasteiger partial charge in [-0.1, -0.05) is 41.4 Å². The van der Waals surface area contributed by atoms with E-state index in [0.717, 1.165) is 11.1 Å². The van der Waals surface area contributed by atoms with Crippen molar-refractivity contribution in [1.82, 2.24) is 10.3 Å². The average molecular weight is 368 g/mol. The number of anilines is 1. The van der Waals surface area contributed by atoms with E-state index in [1.807, 2.05) is 43.3 Å². The van der Waals surface area contributed by atoms with E-state index in [2.05, 4.69) is 15.6 Å². The predicted octanol–water partition coefficient (Wildman–Crippen LogP) is 4.16. The number of hydrogen-bond acceptors (Lipinski definition) is 2. The van der Waals surface area contributed by atoms with Crippen LogP contribution >= 0.6 is 11.6 Å². The summed E-state index contributed by atoms with van der Waals surface area (Å²) in [4.78, 5) is 27.1. The van der Waals surface area contributed by atoms with Crippen LogP contribution in [0.25, 0.3) is 0 Å². The topological polar surface area (TPSA) is 74.0 Å². The van der Waals surface area contributed by atoms with E-state index < -0.39 is 0 Å². The molecular formula is C20H18ClN3O2. The highest BCUT2D eigenvalue weighted by Gasteiger charge is 2.09. The fraction of sp³-hybridized carbons (Fsp3) is 0.100. The molecule has 0 bridgehead atoms. The first-order valence-electron chi connectivity index (χ1n) is 8.10. The van der Waals surface area contributed by atoms with Crippen LogP contribution in [0.4, 0.5) is 5.69 Å². The largest absolute Gasteiger partial charge is 0.356 e. The molecule has 0 aliphatic heterocycles. The molecule has 3 aromatic rings. The molecule has 6 heteroatoms. The van der Waals surface area contributed by atoms with Gasteiger partial charge in [0.05, 0.1) is 5.02 Å². The van der Waals surface area contributed by atoms with Gasteiger partial charge in [-0.15, -0.1) is 0 Å². The minimum atomic E-state index is -0.244. The molecule has 2 aromatic carbocycles. The minimum Gasteiger partial charge on any atom is -0.356 e. The van der Waals surface area contributed by atoms with Crippen LogP contribution in [0.1, 0.15) is 32.0 Å². The molecule has 0 atom stereocenters. The third-order valence-corrected chi connectivity index (χ3v) is 4.06. The van der Waals surface area contributed by atoms with Gasteiger partial charge >= 0.3 is 0 Å². The van der Waals surface area contributed by atoms with Gasteiger partial charge in [0.25, 0.3) is 11.8 Å². The number of carbonyl (C=O) groups excluding carboxylic acids is 2. The number of amides is 2. The molecule has 0 saturated carbocycles. The number of aromatic amines is 1. The second-order valence-corrected chi connectivity index (χ2v) is 6.37. The summed E-state index contributed by atoms with van der Waals surface area (Å²) in [7, 11) is 0. The number of aromatic nitrogens is 1. The number of rotatable bonds is 5. The summed E-state index contributed by atoms with van der Waals surface area (Å²) >= 11 is 5.80. The van der Waals surface area contributed by atoms with Crippen molar-refractivity contribution in [1.29, 1.82) is 0 Å². The van der Waals surface area contributed by atoms with Crippen LogP contribution in [0, 0.1) is 6.92 Å².